The van der Waals surface area contributed by atoms with Gasteiger partial charge < -0.3 is 10.5 Å². The number of likely N-dealkylation sites (tertiary alicyclic amines) is 1. The number of hydrogen-bond acceptors (Lipinski definition) is 3. The number of hydrogen-bond donors (Lipinski definition) is 1. The summed E-state index contributed by atoms with van der Waals surface area (Å²) in [6, 6.07) is 0. The first kappa shape index (κ1) is 10.5. The summed E-state index contributed by atoms with van der Waals surface area (Å²) in [5.41, 5.74) is 5.12. The van der Waals surface area contributed by atoms with Crippen LogP contribution in [0.3, 0.4) is 0 Å². The summed E-state index contributed by atoms with van der Waals surface area (Å²) in [4.78, 5) is 12.7. The van der Waals surface area contributed by atoms with Gasteiger partial charge >= 0.3 is 0 Å². The fourth-order valence-electron chi connectivity index (χ4n) is 1.77. The van der Waals surface area contributed by atoms with Crippen LogP contribution < -0.4 is 5.73 Å². The third kappa shape index (κ3) is 2.97. The number of rotatable bonds is 3. The van der Waals surface area contributed by atoms with Gasteiger partial charge in [-0.3, -0.25) is 9.69 Å². The Morgan fingerprint density at radius 3 is 2.92 bits per heavy atom. The summed E-state index contributed by atoms with van der Waals surface area (Å²) < 4.78 is 5.32. The van der Waals surface area contributed by atoms with Crippen LogP contribution in [0.4, 0.5) is 0 Å². The first-order valence-corrected chi connectivity index (χ1v) is 4.67. The Kier molecular flexibility index (Phi) is 3.69. The van der Waals surface area contributed by atoms with Crippen LogP contribution in [0, 0.1) is 5.92 Å². The second-order valence-electron chi connectivity index (χ2n) is 3.74. The van der Waals surface area contributed by atoms with Crippen molar-refractivity contribution in [2.24, 2.45) is 11.7 Å². The number of primary amides is 1. The predicted molar refractivity (Wildman–Crippen MR) is 50.2 cm³/mol. The summed E-state index contributed by atoms with van der Waals surface area (Å²) in [6.07, 6.45) is 1.32. The van der Waals surface area contributed by atoms with Crippen LogP contribution in [0.1, 0.15) is 13.3 Å². The molecule has 1 heterocycles. The molecule has 4 nitrogen and oxygen atoms in total. The molecule has 76 valence electrons. The van der Waals surface area contributed by atoms with E-state index in [1.165, 1.54) is 0 Å². The molecule has 0 bridgehead atoms. The quantitative estimate of drug-likeness (QED) is 0.665. The first-order valence-electron chi connectivity index (χ1n) is 4.67. The molecule has 0 aromatic carbocycles. The fraction of sp³-hybridized carbons (Fsp3) is 0.889. The second-order valence-corrected chi connectivity index (χ2v) is 3.74. The van der Waals surface area contributed by atoms with Gasteiger partial charge in [0.2, 0.25) is 5.91 Å². The predicted octanol–water partition coefficient (Wildman–Crippen LogP) is -0.171. The number of nitrogens with two attached hydrogens (primary N) is 1. The lowest BCUT2D eigenvalue weighted by molar-refractivity contribution is -0.120. The number of amides is 1. The number of piperidine rings is 1. The maximum atomic E-state index is 10.7. The standard InChI is InChI=1S/C9H18N2O2/c1-7-3-4-11(6-9(10)12)5-8(7)13-2/h7-8H,3-6H2,1-2H3,(H2,10,12). The molecule has 1 aliphatic heterocycles. The molecule has 0 radical (unpaired) electrons. The third-order valence-electron chi connectivity index (χ3n) is 2.66. The Hall–Kier alpha value is -0.610. The Bertz CT molecular complexity index is 184. The van der Waals surface area contributed by atoms with Gasteiger partial charge in [0.1, 0.15) is 0 Å². The van der Waals surface area contributed by atoms with Gasteiger partial charge in [-0.25, -0.2) is 0 Å². The molecular weight excluding hydrogens is 168 g/mol. The van der Waals surface area contributed by atoms with E-state index in [-0.39, 0.29) is 12.0 Å². The molecule has 0 saturated carbocycles. The zero-order chi connectivity index (χ0) is 9.84. The van der Waals surface area contributed by atoms with Crippen molar-refractivity contribution < 1.29 is 9.53 Å². The van der Waals surface area contributed by atoms with Gasteiger partial charge in [-0.05, 0) is 18.9 Å². The van der Waals surface area contributed by atoms with Gasteiger partial charge in [-0.1, -0.05) is 6.92 Å². The minimum atomic E-state index is -0.260. The molecule has 2 N–H and O–H groups in total. The highest BCUT2D eigenvalue weighted by Crippen LogP contribution is 2.18. The van der Waals surface area contributed by atoms with E-state index in [1.807, 2.05) is 0 Å². The second kappa shape index (κ2) is 4.58. The van der Waals surface area contributed by atoms with Gasteiger partial charge in [-0.15, -0.1) is 0 Å². The molecule has 0 aliphatic carbocycles. The highest BCUT2D eigenvalue weighted by Gasteiger charge is 2.26. The lowest BCUT2D eigenvalue weighted by Gasteiger charge is -2.35. The minimum Gasteiger partial charge on any atom is -0.380 e. The van der Waals surface area contributed by atoms with Crippen LogP contribution >= 0.6 is 0 Å². The van der Waals surface area contributed by atoms with E-state index >= 15 is 0 Å². The molecule has 13 heavy (non-hydrogen) atoms. The van der Waals surface area contributed by atoms with E-state index in [4.69, 9.17) is 10.5 Å². The van der Waals surface area contributed by atoms with Crippen LogP contribution in [0.25, 0.3) is 0 Å². The minimum absolute atomic E-state index is 0.244. The van der Waals surface area contributed by atoms with E-state index in [1.54, 1.807) is 7.11 Å². The Labute approximate surface area is 79.0 Å². The summed E-state index contributed by atoms with van der Waals surface area (Å²) >= 11 is 0. The number of nitrogens with zero attached hydrogens (tertiary/aromatic N) is 1. The highest BCUT2D eigenvalue weighted by atomic mass is 16.5. The Morgan fingerprint density at radius 1 is 1.69 bits per heavy atom. The van der Waals surface area contributed by atoms with Crippen LogP contribution in [0.2, 0.25) is 0 Å². The van der Waals surface area contributed by atoms with Gasteiger partial charge in [-0.2, -0.15) is 0 Å². The van der Waals surface area contributed by atoms with Gasteiger partial charge in [0.25, 0.3) is 0 Å². The van der Waals surface area contributed by atoms with Gasteiger partial charge in [0, 0.05) is 13.7 Å². The van der Waals surface area contributed by atoms with Crippen molar-refractivity contribution in [1.29, 1.82) is 0 Å². The van der Waals surface area contributed by atoms with Crippen molar-refractivity contribution >= 4 is 5.91 Å². The monoisotopic (exact) mass is 186 g/mol. The van der Waals surface area contributed by atoms with Crippen LogP contribution in [0.15, 0.2) is 0 Å². The van der Waals surface area contributed by atoms with Crippen molar-refractivity contribution in [1.82, 2.24) is 4.90 Å². The molecule has 0 aromatic heterocycles. The molecule has 1 amide bonds. The zero-order valence-corrected chi connectivity index (χ0v) is 8.32. The normalized spacial score (nSPS) is 30.3. The third-order valence-corrected chi connectivity index (χ3v) is 2.66. The van der Waals surface area contributed by atoms with Crippen molar-refractivity contribution in [2.45, 2.75) is 19.4 Å². The van der Waals surface area contributed by atoms with Crippen molar-refractivity contribution in [3.63, 3.8) is 0 Å². The highest BCUT2D eigenvalue weighted by molar-refractivity contribution is 5.75. The average Bonchev–Trinajstić information content (AvgIpc) is 2.07. The van der Waals surface area contributed by atoms with E-state index in [0.29, 0.717) is 12.5 Å². The van der Waals surface area contributed by atoms with E-state index < -0.39 is 0 Å². The van der Waals surface area contributed by atoms with Crippen LogP contribution in [-0.2, 0) is 9.53 Å². The van der Waals surface area contributed by atoms with E-state index in [0.717, 1.165) is 19.5 Å². The smallest absolute Gasteiger partial charge is 0.231 e. The molecule has 4 heteroatoms. The fourth-order valence-corrected chi connectivity index (χ4v) is 1.77. The molecule has 2 atom stereocenters. The first-order chi connectivity index (χ1) is 6.13. The van der Waals surface area contributed by atoms with Gasteiger partial charge in [0.05, 0.1) is 12.6 Å². The van der Waals surface area contributed by atoms with Crippen molar-refractivity contribution in [2.75, 3.05) is 26.7 Å². The number of ether oxygens (including phenoxy) is 1. The largest absolute Gasteiger partial charge is 0.380 e. The molecule has 1 aliphatic rings. The maximum Gasteiger partial charge on any atom is 0.231 e. The summed E-state index contributed by atoms with van der Waals surface area (Å²) in [5, 5.41) is 0. The number of carbonyl (C=O) groups excluding carboxylic acids is 1. The Morgan fingerprint density at radius 2 is 2.38 bits per heavy atom. The molecule has 0 aromatic rings. The number of carbonyl (C=O) groups is 1. The van der Waals surface area contributed by atoms with Crippen LogP contribution in [0.5, 0.6) is 0 Å². The maximum absolute atomic E-state index is 10.7. The molecule has 1 saturated heterocycles. The average molecular weight is 186 g/mol. The van der Waals surface area contributed by atoms with Crippen molar-refractivity contribution in [3.8, 4) is 0 Å². The lowest BCUT2D eigenvalue weighted by atomic mass is 9.96. The molecule has 1 fully saturated rings. The zero-order valence-electron chi connectivity index (χ0n) is 8.32. The molecule has 2 unspecified atom stereocenters. The lowest BCUT2D eigenvalue weighted by Crippen LogP contribution is -2.46. The van der Waals surface area contributed by atoms with Crippen molar-refractivity contribution in [3.05, 3.63) is 0 Å². The number of methoxy groups -OCH3 is 1. The Balaban J connectivity index is 2.40. The topological polar surface area (TPSA) is 55.6 Å². The molecule has 0 spiro atoms. The van der Waals surface area contributed by atoms with Crippen LogP contribution in [-0.4, -0.2) is 43.7 Å². The summed E-state index contributed by atoms with van der Waals surface area (Å²) in [6.45, 7) is 4.30. The molecule has 1 rings (SSSR count). The van der Waals surface area contributed by atoms with Gasteiger partial charge in [0.15, 0.2) is 0 Å². The SMILES string of the molecule is COC1CN(CC(N)=O)CCC1C. The summed E-state index contributed by atoms with van der Waals surface area (Å²) in [7, 11) is 1.72. The molecular formula is C9H18N2O2. The van der Waals surface area contributed by atoms with E-state index in [9.17, 15) is 4.79 Å². The van der Waals surface area contributed by atoms with E-state index in [2.05, 4.69) is 11.8 Å². The summed E-state index contributed by atoms with van der Waals surface area (Å²) in [5.74, 6) is 0.318.